The third-order valence-corrected chi connectivity index (χ3v) is 7.69. The molecule has 4 heterocycles. The van der Waals surface area contributed by atoms with E-state index in [0.717, 1.165) is 91.7 Å². The van der Waals surface area contributed by atoms with Crippen LogP contribution in [0.4, 0.5) is 10.1 Å². The number of hydrogen-bond donors (Lipinski definition) is 0. The molecule has 34 heavy (non-hydrogen) atoms. The summed E-state index contributed by atoms with van der Waals surface area (Å²) >= 11 is 0. The number of halogens is 1. The number of benzene rings is 2. The maximum absolute atomic E-state index is 13.4. The zero-order chi connectivity index (χ0) is 23.2. The van der Waals surface area contributed by atoms with Gasteiger partial charge in [-0.15, -0.1) is 0 Å². The van der Waals surface area contributed by atoms with Gasteiger partial charge in [0, 0.05) is 48.9 Å². The van der Waals surface area contributed by atoms with Crippen molar-refractivity contribution in [3.8, 4) is 0 Å². The van der Waals surface area contributed by atoms with Gasteiger partial charge < -0.3 is 14.3 Å². The first-order valence-corrected chi connectivity index (χ1v) is 12.3. The molecule has 3 aliphatic heterocycles. The SMILES string of the molecule is O=C(CCN1CCC(c2noc3cc(F)ccc23)CC1)c1cc2c3c(c1)CCC(=O)N3CCC2. The van der Waals surface area contributed by atoms with E-state index in [9.17, 15) is 14.0 Å². The summed E-state index contributed by atoms with van der Waals surface area (Å²) in [5.41, 5.74) is 5.59. The van der Waals surface area contributed by atoms with Crippen molar-refractivity contribution in [1.29, 1.82) is 0 Å². The summed E-state index contributed by atoms with van der Waals surface area (Å²) in [6.45, 7) is 3.34. The van der Waals surface area contributed by atoms with E-state index in [1.807, 2.05) is 17.0 Å². The maximum Gasteiger partial charge on any atom is 0.227 e. The number of carbonyl (C=O) groups excluding carboxylic acids is 2. The number of nitrogens with zero attached hydrogens (tertiary/aromatic N) is 3. The number of fused-ring (bicyclic) bond motifs is 1. The Bertz CT molecular complexity index is 1260. The van der Waals surface area contributed by atoms with E-state index in [0.29, 0.717) is 18.4 Å². The van der Waals surface area contributed by atoms with E-state index >= 15 is 0 Å². The second-order valence-corrected chi connectivity index (χ2v) is 9.79. The molecule has 1 saturated heterocycles. The van der Waals surface area contributed by atoms with E-state index in [1.165, 1.54) is 12.1 Å². The molecular weight excluding hydrogens is 433 g/mol. The first kappa shape index (κ1) is 21.5. The average molecular weight is 462 g/mol. The van der Waals surface area contributed by atoms with E-state index in [-0.39, 0.29) is 23.4 Å². The number of Topliss-reactive ketones (excluding diaryl/α,β-unsaturated/α-hetero) is 1. The molecule has 0 atom stereocenters. The van der Waals surface area contributed by atoms with Gasteiger partial charge in [0.25, 0.3) is 0 Å². The Morgan fingerprint density at radius 3 is 2.68 bits per heavy atom. The number of rotatable bonds is 5. The lowest BCUT2D eigenvalue weighted by Gasteiger charge is -2.35. The fourth-order valence-corrected chi connectivity index (χ4v) is 5.87. The smallest absolute Gasteiger partial charge is 0.227 e. The molecule has 0 spiro atoms. The Kier molecular flexibility index (Phi) is 5.44. The number of anilines is 1. The predicted molar refractivity (Wildman–Crippen MR) is 127 cm³/mol. The summed E-state index contributed by atoms with van der Waals surface area (Å²) in [6.07, 6.45) is 5.55. The highest BCUT2D eigenvalue weighted by molar-refractivity contribution is 6.01. The van der Waals surface area contributed by atoms with Crippen molar-refractivity contribution in [2.24, 2.45) is 0 Å². The van der Waals surface area contributed by atoms with Crippen LogP contribution in [0.1, 0.15) is 65.2 Å². The number of aryl methyl sites for hydroxylation is 2. The quantitative estimate of drug-likeness (QED) is 0.518. The van der Waals surface area contributed by atoms with Gasteiger partial charge >= 0.3 is 0 Å². The van der Waals surface area contributed by atoms with Gasteiger partial charge in [-0.25, -0.2) is 4.39 Å². The minimum Gasteiger partial charge on any atom is -0.356 e. The number of ketones is 1. The van der Waals surface area contributed by atoms with Gasteiger partial charge in [-0.05, 0) is 80.6 Å². The standard InChI is InChI=1S/C27H28FN3O3/c28-21-4-5-22-24(16-21)34-29-26(22)17-7-11-30(12-8-17)13-9-23(32)20-14-18-2-1-10-31-25(33)6-3-19(15-20)27(18)31/h4-5,14-17H,1-3,6-13H2. The monoisotopic (exact) mass is 461 g/mol. The molecule has 176 valence electrons. The van der Waals surface area contributed by atoms with Crippen LogP contribution < -0.4 is 4.90 Å². The van der Waals surface area contributed by atoms with Crippen LogP contribution in [0.5, 0.6) is 0 Å². The normalized spacial score (nSPS) is 19.0. The lowest BCUT2D eigenvalue weighted by Crippen LogP contribution is -2.39. The molecule has 1 fully saturated rings. The molecule has 1 amide bonds. The second kappa shape index (κ2) is 8.62. The molecule has 3 aliphatic rings. The zero-order valence-electron chi connectivity index (χ0n) is 19.2. The summed E-state index contributed by atoms with van der Waals surface area (Å²) < 4.78 is 18.8. The van der Waals surface area contributed by atoms with Crippen LogP contribution in [0.25, 0.3) is 11.0 Å². The Hall–Kier alpha value is -3.06. The topological polar surface area (TPSA) is 66.7 Å². The van der Waals surface area contributed by atoms with Crippen molar-refractivity contribution in [2.45, 2.75) is 50.9 Å². The van der Waals surface area contributed by atoms with E-state index in [4.69, 9.17) is 4.52 Å². The number of hydrogen-bond acceptors (Lipinski definition) is 5. The first-order valence-electron chi connectivity index (χ1n) is 12.3. The largest absolute Gasteiger partial charge is 0.356 e. The fourth-order valence-electron chi connectivity index (χ4n) is 5.87. The number of amides is 1. The molecule has 6 nitrogen and oxygen atoms in total. The number of piperidine rings is 1. The Balaban J connectivity index is 1.08. The molecule has 0 bridgehead atoms. The van der Waals surface area contributed by atoms with Gasteiger partial charge in [0.05, 0.1) is 11.4 Å². The van der Waals surface area contributed by atoms with Gasteiger partial charge in [-0.3, -0.25) is 9.59 Å². The molecule has 7 heteroatoms. The van der Waals surface area contributed by atoms with Gasteiger partial charge in [0.2, 0.25) is 5.91 Å². The van der Waals surface area contributed by atoms with Crippen molar-refractivity contribution >= 4 is 28.3 Å². The van der Waals surface area contributed by atoms with E-state index < -0.39 is 0 Å². The molecule has 0 unspecified atom stereocenters. The molecule has 0 saturated carbocycles. The van der Waals surface area contributed by atoms with E-state index in [1.54, 1.807) is 6.07 Å². The van der Waals surface area contributed by atoms with Gasteiger partial charge in [0.15, 0.2) is 11.4 Å². The average Bonchev–Trinajstić information content (AvgIpc) is 3.28. The molecule has 1 aromatic heterocycles. The summed E-state index contributed by atoms with van der Waals surface area (Å²) in [5.74, 6) is 0.364. The molecule has 3 aromatic rings. The summed E-state index contributed by atoms with van der Waals surface area (Å²) in [6, 6.07) is 8.64. The number of likely N-dealkylation sites (tertiary alicyclic amines) is 1. The Labute approximate surface area is 197 Å². The summed E-state index contributed by atoms with van der Waals surface area (Å²) in [7, 11) is 0. The highest BCUT2D eigenvalue weighted by Gasteiger charge is 2.30. The molecule has 0 aliphatic carbocycles. The molecule has 6 rings (SSSR count). The fraction of sp³-hybridized carbons (Fsp3) is 0.444. The zero-order valence-corrected chi connectivity index (χ0v) is 19.2. The van der Waals surface area contributed by atoms with Crippen molar-refractivity contribution in [1.82, 2.24) is 10.1 Å². The predicted octanol–water partition coefficient (Wildman–Crippen LogP) is 4.64. The minimum atomic E-state index is -0.316. The van der Waals surface area contributed by atoms with Crippen molar-refractivity contribution in [2.75, 3.05) is 31.1 Å². The third-order valence-electron chi connectivity index (χ3n) is 7.69. The van der Waals surface area contributed by atoms with Crippen molar-refractivity contribution < 1.29 is 18.5 Å². The molecular formula is C27H28FN3O3. The van der Waals surface area contributed by atoms with E-state index in [2.05, 4.69) is 10.1 Å². The lowest BCUT2D eigenvalue weighted by molar-refractivity contribution is -0.119. The highest BCUT2D eigenvalue weighted by Crippen LogP contribution is 2.37. The maximum atomic E-state index is 13.4. The minimum absolute atomic E-state index is 0.180. The molecule has 0 radical (unpaired) electrons. The third kappa shape index (κ3) is 3.82. The van der Waals surface area contributed by atoms with Crippen LogP contribution in [-0.2, 0) is 17.6 Å². The van der Waals surface area contributed by atoms with Crippen LogP contribution >= 0.6 is 0 Å². The molecule has 2 aromatic carbocycles. The van der Waals surface area contributed by atoms with Crippen LogP contribution in [0.15, 0.2) is 34.9 Å². The first-order chi connectivity index (χ1) is 16.6. The number of aromatic nitrogens is 1. The van der Waals surface area contributed by atoms with Crippen LogP contribution in [0.2, 0.25) is 0 Å². The van der Waals surface area contributed by atoms with Crippen LogP contribution in [0, 0.1) is 5.82 Å². The summed E-state index contributed by atoms with van der Waals surface area (Å²) in [4.78, 5) is 29.6. The van der Waals surface area contributed by atoms with Crippen LogP contribution in [0.3, 0.4) is 0 Å². The highest BCUT2D eigenvalue weighted by atomic mass is 19.1. The lowest BCUT2D eigenvalue weighted by atomic mass is 9.88. The Morgan fingerprint density at radius 2 is 1.85 bits per heavy atom. The van der Waals surface area contributed by atoms with Crippen LogP contribution in [-0.4, -0.2) is 47.9 Å². The van der Waals surface area contributed by atoms with Crippen molar-refractivity contribution in [3.05, 3.63) is 58.5 Å². The number of carbonyl (C=O) groups is 2. The van der Waals surface area contributed by atoms with Gasteiger partial charge in [-0.1, -0.05) is 5.16 Å². The van der Waals surface area contributed by atoms with Gasteiger partial charge in [0.1, 0.15) is 5.82 Å². The van der Waals surface area contributed by atoms with Gasteiger partial charge in [-0.2, -0.15) is 0 Å². The summed E-state index contributed by atoms with van der Waals surface area (Å²) in [5, 5.41) is 5.12. The second-order valence-electron chi connectivity index (χ2n) is 9.79. The Morgan fingerprint density at radius 1 is 1.06 bits per heavy atom. The van der Waals surface area contributed by atoms with Crippen molar-refractivity contribution in [3.63, 3.8) is 0 Å². The molecule has 0 N–H and O–H groups in total.